The molecule has 0 saturated heterocycles. The number of rotatable bonds is 2. The number of carbonyl (C=O) groups is 1. The third-order valence-corrected chi connectivity index (χ3v) is 2.03. The number of hydrogen-bond acceptors (Lipinski definition) is 2. The minimum absolute atomic E-state index is 0. The Bertz CT molecular complexity index is 378. The van der Waals surface area contributed by atoms with E-state index in [0.29, 0.717) is 6.54 Å². The molecule has 5 heteroatoms. The van der Waals surface area contributed by atoms with E-state index in [9.17, 15) is 9.90 Å². The zero-order valence-corrected chi connectivity index (χ0v) is 11.6. The van der Waals surface area contributed by atoms with E-state index >= 15 is 0 Å². The maximum absolute atomic E-state index is 11.1. The van der Waals surface area contributed by atoms with E-state index < -0.39 is 6.03 Å². The third-order valence-electron chi connectivity index (χ3n) is 2.03. The van der Waals surface area contributed by atoms with Gasteiger partial charge in [-0.1, -0.05) is 30.3 Å². The minimum Gasteiger partial charge on any atom is -0.860 e. The van der Waals surface area contributed by atoms with Gasteiger partial charge in [-0.25, -0.2) is 9.79 Å². The molecule has 2 rings (SSSR count). The van der Waals surface area contributed by atoms with E-state index in [1.165, 1.54) is 4.90 Å². The van der Waals surface area contributed by atoms with Crippen LogP contribution in [0.5, 0.6) is 0 Å². The summed E-state index contributed by atoms with van der Waals surface area (Å²) in [5, 5.41) is 10.8. The van der Waals surface area contributed by atoms with E-state index in [-0.39, 0.29) is 63.8 Å². The Morgan fingerprint density at radius 3 is 2.53 bits per heavy atom. The van der Waals surface area contributed by atoms with E-state index in [1.54, 1.807) is 0 Å². The van der Waals surface area contributed by atoms with Crippen molar-refractivity contribution in [1.82, 2.24) is 4.90 Å². The molecule has 0 radical (unpaired) electrons. The first-order chi connectivity index (χ1) is 6.75. The van der Waals surface area contributed by atoms with Crippen molar-refractivity contribution in [2.75, 3.05) is 6.54 Å². The van der Waals surface area contributed by atoms with Crippen molar-refractivity contribution in [3.05, 3.63) is 35.9 Å². The second kappa shape index (κ2) is 5.76. The van der Waals surface area contributed by atoms with Gasteiger partial charge in [0.05, 0.1) is 6.54 Å². The monoisotopic (exact) mass is 228 g/mol. The van der Waals surface area contributed by atoms with Crippen molar-refractivity contribution in [1.29, 1.82) is 0 Å². The van der Waals surface area contributed by atoms with Crippen LogP contribution in [0.15, 0.2) is 35.3 Å². The van der Waals surface area contributed by atoms with Crippen LogP contribution in [0.1, 0.15) is 5.56 Å². The summed E-state index contributed by atoms with van der Waals surface area (Å²) in [6.07, 6.45) is 0. The van der Waals surface area contributed by atoms with Crippen molar-refractivity contribution >= 4 is 11.9 Å². The second-order valence-electron chi connectivity index (χ2n) is 3.13. The van der Waals surface area contributed by atoms with Crippen molar-refractivity contribution in [2.24, 2.45) is 4.99 Å². The molecule has 0 bridgehead atoms. The van der Waals surface area contributed by atoms with Crippen LogP contribution in [-0.4, -0.2) is 23.4 Å². The smallest absolute Gasteiger partial charge is 0.860 e. The van der Waals surface area contributed by atoms with Gasteiger partial charge in [0.25, 0.3) is 0 Å². The number of urea groups is 1. The minimum atomic E-state index is -0.432. The van der Waals surface area contributed by atoms with Crippen molar-refractivity contribution in [2.45, 2.75) is 6.54 Å². The van der Waals surface area contributed by atoms with Crippen LogP contribution in [0.3, 0.4) is 0 Å². The molecule has 0 aliphatic carbocycles. The zero-order chi connectivity index (χ0) is 9.97. The number of hydrogen-bond donors (Lipinski definition) is 0. The maximum Gasteiger partial charge on any atom is 1.00 e. The van der Waals surface area contributed by atoms with Gasteiger partial charge in [-0.05, 0) is 11.5 Å². The molecule has 1 aromatic carbocycles. The van der Waals surface area contributed by atoms with Gasteiger partial charge in [0.15, 0.2) is 0 Å². The summed E-state index contributed by atoms with van der Waals surface area (Å²) in [5.41, 5.74) is 1.01. The first-order valence-corrected chi connectivity index (χ1v) is 4.33. The van der Waals surface area contributed by atoms with Gasteiger partial charge < -0.3 is 10.0 Å². The van der Waals surface area contributed by atoms with Crippen LogP contribution in [-0.2, 0) is 6.54 Å². The first kappa shape index (κ1) is 12.9. The van der Waals surface area contributed by atoms with Gasteiger partial charge in [0, 0.05) is 6.54 Å². The first-order valence-electron chi connectivity index (χ1n) is 4.33. The fourth-order valence-corrected chi connectivity index (χ4v) is 1.37. The van der Waals surface area contributed by atoms with Crippen LogP contribution in [0.25, 0.3) is 0 Å². The summed E-state index contributed by atoms with van der Waals surface area (Å²) in [7, 11) is 0. The van der Waals surface area contributed by atoms with Crippen LogP contribution in [0, 0.1) is 0 Å². The third kappa shape index (κ3) is 3.39. The van der Waals surface area contributed by atoms with Crippen LogP contribution in [0.2, 0.25) is 0 Å². The quantitative estimate of drug-likeness (QED) is 0.521. The predicted molar refractivity (Wildman–Crippen MR) is 49.7 cm³/mol. The molecule has 72 valence electrons. The number of aliphatic imine (C=N–C) groups is 1. The molecular weight excluding hydrogens is 219 g/mol. The van der Waals surface area contributed by atoms with Gasteiger partial charge in [-0.2, -0.15) is 0 Å². The van der Waals surface area contributed by atoms with E-state index in [1.807, 2.05) is 30.3 Å². The number of carbonyl (C=O) groups excluding carboxylic acids is 1. The van der Waals surface area contributed by atoms with Gasteiger partial charge >= 0.3 is 57.4 Å². The SMILES string of the molecule is O=C1N=C([O-])CN1Cc1ccccc1.[K+]. The summed E-state index contributed by atoms with van der Waals surface area (Å²) >= 11 is 0. The van der Waals surface area contributed by atoms with Gasteiger partial charge in [-0.3, -0.25) is 0 Å². The van der Waals surface area contributed by atoms with E-state index in [0.717, 1.165) is 5.56 Å². The average Bonchev–Trinajstić information content (AvgIpc) is 2.47. The topological polar surface area (TPSA) is 55.7 Å². The van der Waals surface area contributed by atoms with Crippen molar-refractivity contribution in [3.63, 3.8) is 0 Å². The molecule has 15 heavy (non-hydrogen) atoms. The molecule has 2 amide bonds. The second-order valence-corrected chi connectivity index (χ2v) is 3.13. The van der Waals surface area contributed by atoms with Crippen LogP contribution in [0.4, 0.5) is 4.79 Å². The normalized spacial score (nSPS) is 14.8. The fourth-order valence-electron chi connectivity index (χ4n) is 1.37. The standard InChI is InChI=1S/C10H10N2O2.K/c13-9-7-12(10(14)11-9)6-8-4-2-1-3-5-8;/h1-5H,6-7H2,(H,11,13,14);/q;+1/p-1. The fraction of sp³-hybridized carbons (Fsp3) is 0.200. The number of nitrogens with zero attached hydrogens (tertiary/aromatic N) is 2. The zero-order valence-electron chi connectivity index (χ0n) is 8.51. The van der Waals surface area contributed by atoms with Crippen LogP contribution >= 0.6 is 0 Å². The molecule has 1 aliphatic rings. The predicted octanol–water partition coefficient (Wildman–Crippen LogP) is -2.61. The summed E-state index contributed by atoms with van der Waals surface area (Å²) < 4.78 is 0. The molecule has 0 aromatic heterocycles. The van der Waals surface area contributed by atoms with E-state index in [4.69, 9.17) is 0 Å². The molecule has 0 fully saturated rings. The summed E-state index contributed by atoms with van der Waals surface area (Å²) in [6, 6.07) is 9.10. The Balaban J connectivity index is 0.00000112. The maximum atomic E-state index is 11.1. The molecule has 0 spiro atoms. The van der Waals surface area contributed by atoms with E-state index in [2.05, 4.69) is 4.99 Å². The molecular formula is C10H9KN2O2. The molecule has 0 atom stereocenters. The molecule has 4 nitrogen and oxygen atoms in total. The molecule has 0 N–H and O–H groups in total. The molecule has 0 saturated carbocycles. The van der Waals surface area contributed by atoms with Gasteiger partial charge in [0.1, 0.15) is 0 Å². The Morgan fingerprint density at radius 1 is 1.33 bits per heavy atom. The summed E-state index contributed by atoms with van der Waals surface area (Å²) in [4.78, 5) is 15.9. The average molecular weight is 228 g/mol. The summed E-state index contributed by atoms with van der Waals surface area (Å²) in [5.74, 6) is -0.356. The van der Waals surface area contributed by atoms with Crippen molar-refractivity contribution in [3.8, 4) is 0 Å². The molecule has 1 aromatic rings. The van der Waals surface area contributed by atoms with Gasteiger partial charge in [0.2, 0.25) is 0 Å². The number of benzene rings is 1. The molecule has 1 heterocycles. The molecule has 0 unspecified atom stereocenters. The Hall–Kier alpha value is -0.204. The van der Waals surface area contributed by atoms with Crippen molar-refractivity contribution < 1.29 is 61.3 Å². The molecule has 1 aliphatic heterocycles. The van der Waals surface area contributed by atoms with Gasteiger partial charge in [-0.15, -0.1) is 0 Å². The summed E-state index contributed by atoms with van der Waals surface area (Å²) in [6.45, 7) is 0.558. The Labute approximate surface area is 130 Å². The largest absolute Gasteiger partial charge is 1.00 e. The van der Waals surface area contributed by atoms with Crippen LogP contribution < -0.4 is 56.5 Å². The Morgan fingerprint density at radius 2 is 2.00 bits per heavy atom. The number of amides is 2. The Kier molecular flexibility index (Phi) is 4.94.